The number of aryl methyl sites for hydroxylation is 3. The number of likely N-dealkylation sites (tertiary alicyclic amines) is 1. The summed E-state index contributed by atoms with van der Waals surface area (Å²) in [4.78, 5) is 23.1. The zero-order chi connectivity index (χ0) is 38.5. The lowest BCUT2D eigenvalue weighted by molar-refractivity contribution is -0.142. The Morgan fingerprint density at radius 3 is 2.48 bits per heavy atom. The number of hydrogen-bond acceptors (Lipinski definition) is 6. The first kappa shape index (κ1) is 37.9. The lowest BCUT2D eigenvalue weighted by Gasteiger charge is -2.24. The van der Waals surface area contributed by atoms with Crippen molar-refractivity contribution in [3.63, 3.8) is 0 Å². The number of H-pyrrole nitrogens is 1. The number of nitriles is 1. The zero-order valence-corrected chi connectivity index (χ0v) is 31.2. The molecule has 54 heavy (non-hydrogen) atoms. The summed E-state index contributed by atoms with van der Waals surface area (Å²) >= 11 is 12.8. The van der Waals surface area contributed by atoms with Gasteiger partial charge in [-0.25, -0.2) is 9.37 Å². The van der Waals surface area contributed by atoms with E-state index in [1.165, 1.54) is 26.4 Å². The number of aromatic nitrogens is 4. The van der Waals surface area contributed by atoms with E-state index in [-0.39, 0.29) is 34.8 Å². The molecule has 1 amide bonds. The van der Waals surface area contributed by atoms with E-state index in [2.05, 4.69) is 32.5 Å². The molecule has 5 fully saturated rings. The Morgan fingerprint density at radius 2 is 1.91 bits per heavy atom. The van der Waals surface area contributed by atoms with Gasteiger partial charge in [0.25, 0.3) is 0 Å². The van der Waals surface area contributed by atoms with Crippen molar-refractivity contribution >= 4 is 50.9 Å². The maximum atomic E-state index is 16.3. The molecule has 3 N–H and O–H groups in total. The van der Waals surface area contributed by atoms with Crippen LogP contribution in [0.5, 0.6) is 5.75 Å². The largest absolute Gasteiger partial charge is 0.504 e. The topological polar surface area (TPSA) is 123 Å². The number of carbonyl (C=O) groups is 1. The number of benzene rings is 2. The highest BCUT2D eigenvalue weighted by atomic mass is 35.5. The molecule has 2 aromatic carbocycles. The Hall–Kier alpha value is -4.38. The molecular weight excluding hydrogens is 745 g/mol. The fraction of sp³-hybridized carbons (Fsp3) is 0.436. The maximum absolute atomic E-state index is 16.3. The number of fused-ring (bicyclic) bond motifs is 4. The molecule has 1 atom stereocenters. The predicted octanol–water partition coefficient (Wildman–Crippen LogP) is 9.18. The second-order valence-electron chi connectivity index (χ2n) is 14.5. The summed E-state index contributed by atoms with van der Waals surface area (Å²) in [6, 6.07) is 12.2. The van der Waals surface area contributed by atoms with E-state index >= 15 is 4.39 Å². The molecule has 5 aliphatic rings. The van der Waals surface area contributed by atoms with Gasteiger partial charge in [-0.3, -0.25) is 9.48 Å². The summed E-state index contributed by atoms with van der Waals surface area (Å²) in [5, 5.41) is 26.5. The minimum atomic E-state index is -4.58. The van der Waals surface area contributed by atoms with Crippen molar-refractivity contribution in [3.8, 4) is 22.9 Å². The lowest BCUT2D eigenvalue weighted by atomic mass is 9.87. The number of pyridine rings is 1. The number of nitrogens with one attached hydrogen (secondary N) is 2. The highest BCUT2D eigenvalue weighted by Gasteiger charge is 2.40. The van der Waals surface area contributed by atoms with Crippen LogP contribution in [0.25, 0.3) is 32.9 Å². The Kier molecular flexibility index (Phi) is 10.6. The minimum absolute atomic E-state index is 0.0117. The van der Waals surface area contributed by atoms with Crippen LogP contribution in [0.3, 0.4) is 0 Å². The van der Waals surface area contributed by atoms with Crippen LogP contribution in [0.15, 0.2) is 36.5 Å². The van der Waals surface area contributed by atoms with Crippen LogP contribution in [0.1, 0.15) is 73.6 Å². The van der Waals surface area contributed by atoms with Crippen molar-refractivity contribution in [2.75, 3.05) is 13.1 Å². The van der Waals surface area contributed by atoms with Crippen molar-refractivity contribution in [2.45, 2.75) is 76.6 Å². The fourth-order valence-corrected chi connectivity index (χ4v) is 8.14. The van der Waals surface area contributed by atoms with E-state index in [0.29, 0.717) is 39.2 Å². The number of aromatic hydroxyl groups is 1. The summed E-state index contributed by atoms with van der Waals surface area (Å²) in [6.45, 7) is 3.95. The fourth-order valence-electron chi connectivity index (χ4n) is 7.75. The molecule has 1 unspecified atom stereocenters. The first-order chi connectivity index (χ1) is 25.7. The molecule has 2 bridgehead atoms. The molecule has 15 heteroatoms. The van der Waals surface area contributed by atoms with Gasteiger partial charge in [-0.1, -0.05) is 35.3 Å². The lowest BCUT2D eigenvalue weighted by Crippen LogP contribution is -2.31. The molecule has 0 radical (unpaired) electrons. The smallest absolute Gasteiger partial charge is 0.438 e. The third-order valence-electron chi connectivity index (χ3n) is 10.7. The monoisotopic (exact) mass is 783 g/mol. The SMILES string of the molecule is C1NC2CC1C2.Cc1nc2c(F)c(-c3cccc(Cl)c3Cl)c(CCC#N)cc2c2[nH]c(C3CCCN3C(=O)C3CC3)cc12.Cn1cc(O)c(C(F)(F)F)n1. The predicted molar refractivity (Wildman–Crippen MR) is 198 cm³/mol. The van der Waals surface area contributed by atoms with Crippen LogP contribution >= 0.6 is 23.2 Å². The standard InChI is InChI=1S/C29H25Cl2FN4O.C5H5F3N2O.C5H9N/c1-15-19-14-22(23-8-4-12-36(23)29(37)16-9-10-16)35-27(19)20-13-17(5-3-11-33)24(26(32)28(20)34-15)18-6-2-7-21(30)25(18)31;1-10-2-3(11)4(9-10)5(6,7)8;1-4-2-5(1)6-3-4/h2,6-7,13-14,16,23,35H,3-5,8-10,12H2,1H3;2,11H,1H3;4-6H,1-3H2. The van der Waals surface area contributed by atoms with Crippen molar-refractivity contribution in [1.82, 2.24) is 30.0 Å². The first-order valence-electron chi connectivity index (χ1n) is 18.0. The van der Waals surface area contributed by atoms with Gasteiger partial charge < -0.3 is 20.3 Å². The number of amides is 1. The van der Waals surface area contributed by atoms with E-state index in [1.807, 2.05) is 17.9 Å². The Balaban J connectivity index is 0.000000215. The van der Waals surface area contributed by atoms with Crippen LogP contribution in [-0.4, -0.2) is 54.8 Å². The average Bonchev–Trinajstić information content (AvgIpc) is 3.63. The quantitative estimate of drug-likeness (QED) is 0.153. The normalized spacial score (nSPS) is 20.3. The number of hydrogen-bond donors (Lipinski definition) is 3. The Bertz CT molecular complexity index is 2260. The summed E-state index contributed by atoms with van der Waals surface area (Å²) in [5.74, 6) is 0.161. The molecule has 2 saturated carbocycles. The first-order valence-corrected chi connectivity index (χ1v) is 18.8. The number of carbonyl (C=O) groups excluding carboxylic acids is 1. The van der Waals surface area contributed by atoms with Crippen LogP contribution < -0.4 is 5.32 Å². The van der Waals surface area contributed by atoms with Crippen LogP contribution in [0.2, 0.25) is 10.0 Å². The Morgan fingerprint density at radius 1 is 1.15 bits per heavy atom. The van der Waals surface area contributed by atoms with Gasteiger partial charge >= 0.3 is 6.18 Å². The van der Waals surface area contributed by atoms with Gasteiger partial charge in [0.1, 0.15) is 5.52 Å². The van der Waals surface area contributed by atoms with Gasteiger partial charge in [-0.15, -0.1) is 0 Å². The minimum Gasteiger partial charge on any atom is -0.504 e. The van der Waals surface area contributed by atoms with Crippen LogP contribution in [-0.2, 0) is 24.4 Å². The van der Waals surface area contributed by atoms with Gasteiger partial charge in [0, 0.05) is 65.3 Å². The number of rotatable bonds is 5. The average molecular weight is 785 g/mol. The van der Waals surface area contributed by atoms with Crippen molar-refractivity contribution < 1.29 is 27.5 Å². The van der Waals surface area contributed by atoms with Crippen LogP contribution in [0.4, 0.5) is 17.6 Å². The molecule has 0 spiro atoms. The number of halogens is 6. The van der Waals surface area contributed by atoms with Crippen molar-refractivity contribution in [1.29, 1.82) is 5.26 Å². The highest BCUT2D eigenvalue weighted by Crippen LogP contribution is 2.43. The molecule has 9 nitrogen and oxygen atoms in total. The molecule has 6 heterocycles. The molecule has 5 aromatic rings. The molecule has 3 saturated heterocycles. The van der Waals surface area contributed by atoms with Crippen LogP contribution in [0, 0.1) is 35.9 Å². The summed E-state index contributed by atoms with van der Waals surface area (Å²) in [5.41, 5.74) is 2.92. The summed E-state index contributed by atoms with van der Waals surface area (Å²) in [7, 11) is 1.30. The van der Waals surface area contributed by atoms with Gasteiger partial charge in [0.15, 0.2) is 11.6 Å². The third-order valence-corrected chi connectivity index (χ3v) is 11.5. The third kappa shape index (κ3) is 7.48. The molecule has 3 aromatic heterocycles. The second kappa shape index (κ2) is 15.0. The van der Waals surface area contributed by atoms with Crippen molar-refractivity contribution in [3.05, 3.63) is 75.0 Å². The highest BCUT2D eigenvalue weighted by molar-refractivity contribution is 6.43. The van der Waals surface area contributed by atoms with E-state index in [0.717, 1.165) is 71.7 Å². The Labute approximate surface area is 319 Å². The number of nitrogens with zero attached hydrogens (tertiary/aromatic N) is 5. The van der Waals surface area contributed by atoms with Gasteiger partial charge in [-0.05, 0) is 88.1 Å². The molecule has 284 valence electrons. The molecule has 3 aliphatic heterocycles. The molecular formula is C39H39Cl2F4N7O2. The van der Waals surface area contributed by atoms with E-state index < -0.39 is 23.4 Å². The van der Waals surface area contributed by atoms with Gasteiger partial charge in [0.05, 0.1) is 33.9 Å². The van der Waals surface area contributed by atoms with Gasteiger partial charge in [0.2, 0.25) is 11.6 Å². The van der Waals surface area contributed by atoms with E-state index in [1.54, 1.807) is 18.2 Å². The summed E-state index contributed by atoms with van der Waals surface area (Å²) in [6.07, 6.45) is 3.67. The second-order valence-corrected chi connectivity index (χ2v) is 15.3. The molecule has 10 rings (SSSR count). The molecule has 2 aliphatic carbocycles. The number of alkyl halides is 3. The van der Waals surface area contributed by atoms with E-state index in [9.17, 15) is 23.2 Å². The maximum Gasteiger partial charge on any atom is 0.438 e. The zero-order valence-electron chi connectivity index (χ0n) is 29.7. The number of aromatic amines is 1. The van der Waals surface area contributed by atoms with Crippen molar-refractivity contribution in [2.24, 2.45) is 18.9 Å². The van der Waals surface area contributed by atoms with Gasteiger partial charge in [-0.2, -0.15) is 23.5 Å². The van der Waals surface area contributed by atoms with E-state index in [4.69, 9.17) is 28.3 Å². The summed E-state index contributed by atoms with van der Waals surface area (Å²) < 4.78 is 52.7.